The van der Waals surface area contributed by atoms with Crippen molar-refractivity contribution in [2.45, 2.75) is 38.6 Å². The van der Waals surface area contributed by atoms with Gasteiger partial charge in [0.15, 0.2) is 0 Å². The van der Waals surface area contributed by atoms with Crippen LogP contribution in [0.5, 0.6) is 0 Å². The predicted molar refractivity (Wildman–Crippen MR) is 80.8 cm³/mol. The lowest BCUT2D eigenvalue weighted by Gasteiger charge is -2.10. The summed E-state index contributed by atoms with van der Waals surface area (Å²) in [6.07, 6.45) is 4.04. The largest absolute Gasteiger partial charge is 0.356 e. The summed E-state index contributed by atoms with van der Waals surface area (Å²) in [4.78, 5) is 11.7. The number of hydrogen-bond donors (Lipinski definition) is 2. The third-order valence-electron chi connectivity index (χ3n) is 3.46. The lowest BCUT2D eigenvalue weighted by atomic mass is 10.1. The van der Waals surface area contributed by atoms with Crippen LogP contribution in [-0.2, 0) is 11.2 Å². The molecule has 106 valence electrons. The van der Waals surface area contributed by atoms with Gasteiger partial charge in [-0.15, -0.1) is 12.4 Å². The summed E-state index contributed by atoms with van der Waals surface area (Å²) >= 11 is 0. The van der Waals surface area contributed by atoms with Crippen LogP contribution in [0, 0.1) is 6.92 Å². The van der Waals surface area contributed by atoms with E-state index in [2.05, 4.69) is 17.6 Å². The number of carbonyl (C=O) groups is 1. The summed E-state index contributed by atoms with van der Waals surface area (Å²) in [6, 6.07) is 8.74. The van der Waals surface area contributed by atoms with Crippen LogP contribution >= 0.6 is 12.4 Å². The van der Waals surface area contributed by atoms with Gasteiger partial charge in [0, 0.05) is 12.6 Å². The lowest BCUT2D eigenvalue weighted by molar-refractivity contribution is -0.120. The molecular formula is C15H23ClN2O. The van der Waals surface area contributed by atoms with Crippen LogP contribution in [0.2, 0.25) is 0 Å². The molecule has 1 atom stereocenters. The summed E-state index contributed by atoms with van der Waals surface area (Å²) in [6.45, 7) is 3.96. The second-order valence-electron chi connectivity index (χ2n) is 5.09. The standard InChI is InChI=1S/C15H22N2O.ClH/c1-12-4-6-13(7-5-12)11-15(18)17-10-8-14-3-2-9-16-14;/h4-7,14,16H,2-3,8-11H2,1H3,(H,17,18);1H/t14-;/m1./s1. The second-order valence-corrected chi connectivity index (χ2v) is 5.09. The molecule has 1 amide bonds. The third-order valence-corrected chi connectivity index (χ3v) is 3.46. The predicted octanol–water partition coefficient (Wildman–Crippen LogP) is 2.22. The third kappa shape index (κ3) is 5.62. The molecule has 3 nitrogen and oxygen atoms in total. The van der Waals surface area contributed by atoms with Gasteiger partial charge in [0.2, 0.25) is 5.91 Å². The molecule has 0 saturated carbocycles. The summed E-state index contributed by atoms with van der Waals surface area (Å²) in [5, 5.41) is 6.43. The first-order valence-corrected chi connectivity index (χ1v) is 6.79. The highest BCUT2D eigenvalue weighted by Crippen LogP contribution is 2.07. The highest BCUT2D eigenvalue weighted by Gasteiger charge is 2.13. The normalized spacial score (nSPS) is 17.8. The number of carbonyl (C=O) groups excluding carboxylic acids is 1. The first-order chi connectivity index (χ1) is 8.74. The molecule has 19 heavy (non-hydrogen) atoms. The Morgan fingerprint density at radius 1 is 1.37 bits per heavy atom. The van der Waals surface area contributed by atoms with E-state index >= 15 is 0 Å². The molecule has 0 radical (unpaired) electrons. The molecule has 0 unspecified atom stereocenters. The second kappa shape index (κ2) is 8.18. The fourth-order valence-electron chi connectivity index (χ4n) is 2.34. The Balaban J connectivity index is 0.00000180. The Hall–Kier alpha value is -1.06. The van der Waals surface area contributed by atoms with Gasteiger partial charge in [0.25, 0.3) is 0 Å². The SMILES string of the molecule is Cc1ccc(CC(=O)NCC[C@H]2CCCN2)cc1.Cl. The highest BCUT2D eigenvalue weighted by molar-refractivity contribution is 5.85. The van der Waals surface area contributed by atoms with Crippen LogP contribution in [0.25, 0.3) is 0 Å². The minimum absolute atomic E-state index is 0. The molecule has 1 fully saturated rings. The van der Waals surface area contributed by atoms with Gasteiger partial charge in [-0.1, -0.05) is 29.8 Å². The summed E-state index contributed by atoms with van der Waals surface area (Å²) in [5.41, 5.74) is 2.31. The van der Waals surface area contributed by atoms with Crippen molar-refractivity contribution < 1.29 is 4.79 Å². The van der Waals surface area contributed by atoms with Crippen molar-refractivity contribution in [1.82, 2.24) is 10.6 Å². The van der Waals surface area contributed by atoms with E-state index in [0.717, 1.165) is 25.1 Å². The molecule has 1 heterocycles. The number of amides is 1. The van der Waals surface area contributed by atoms with Gasteiger partial charge in [-0.3, -0.25) is 4.79 Å². The smallest absolute Gasteiger partial charge is 0.224 e. The molecular weight excluding hydrogens is 260 g/mol. The van der Waals surface area contributed by atoms with Gasteiger partial charge in [-0.05, 0) is 38.3 Å². The van der Waals surface area contributed by atoms with Crippen molar-refractivity contribution in [1.29, 1.82) is 0 Å². The molecule has 1 aromatic rings. The number of halogens is 1. The molecule has 1 aliphatic heterocycles. The van der Waals surface area contributed by atoms with E-state index in [4.69, 9.17) is 0 Å². The summed E-state index contributed by atoms with van der Waals surface area (Å²) < 4.78 is 0. The quantitative estimate of drug-likeness (QED) is 0.869. The molecule has 2 rings (SSSR count). The number of aryl methyl sites for hydroxylation is 1. The average Bonchev–Trinajstić information content (AvgIpc) is 2.85. The first kappa shape index (κ1) is 16.0. The molecule has 0 aromatic heterocycles. The molecule has 0 aliphatic carbocycles. The van der Waals surface area contributed by atoms with Crippen molar-refractivity contribution in [3.05, 3.63) is 35.4 Å². The van der Waals surface area contributed by atoms with Crippen LogP contribution in [-0.4, -0.2) is 25.0 Å². The van der Waals surface area contributed by atoms with Crippen LogP contribution in [0.4, 0.5) is 0 Å². The van der Waals surface area contributed by atoms with Crippen molar-refractivity contribution >= 4 is 18.3 Å². The maximum atomic E-state index is 11.7. The van der Waals surface area contributed by atoms with Crippen molar-refractivity contribution in [3.63, 3.8) is 0 Å². The molecule has 2 N–H and O–H groups in total. The van der Waals surface area contributed by atoms with E-state index < -0.39 is 0 Å². The van der Waals surface area contributed by atoms with Crippen LogP contribution in [0.15, 0.2) is 24.3 Å². The van der Waals surface area contributed by atoms with Crippen LogP contribution in [0.3, 0.4) is 0 Å². The maximum Gasteiger partial charge on any atom is 0.224 e. The van der Waals surface area contributed by atoms with E-state index in [-0.39, 0.29) is 18.3 Å². The molecule has 1 saturated heterocycles. The molecule has 4 heteroatoms. The maximum absolute atomic E-state index is 11.7. The number of hydrogen-bond acceptors (Lipinski definition) is 2. The Kier molecular flexibility index (Phi) is 6.89. The number of rotatable bonds is 5. The van der Waals surface area contributed by atoms with Crippen LogP contribution < -0.4 is 10.6 Å². The fraction of sp³-hybridized carbons (Fsp3) is 0.533. The molecule has 0 bridgehead atoms. The molecule has 0 spiro atoms. The van der Waals surface area contributed by atoms with E-state index in [0.29, 0.717) is 12.5 Å². The van der Waals surface area contributed by atoms with Crippen molar-refractivity contribution in [2.75, 3.05) is 13.1 Å². The zero-order chi connectivity index (χ0) is 12.8. The highest BCUT2D eigenvalue weighted by atomic mass is 35.5. The average molecular weight is 283 g/mol. The minimum Gasteiger partial charge on any atom is -0.356 e. The lowest BCUT2D eigenvalue weighted by Crippen LogP contribution is -2.31. The Bertz CT molecular complexity index is 386. The summed E-state index contributed by atoms with van der Waals surface area (Å²) in [5.74, 6) is 0.122. The fourth-order valence-corrected chi connectivity index (χ4v) is 2.34. The topological polar surface area (TPSA) is 41.1 Å². The molecule has 1 aliphatic rings. The minimum atomic E-state index is 0. The van der Waals surface area contributed by atoms with Gasteiger partial charge in [-0.25, -0.2) is 0 Å². The Morgan fingerprint density at radius 3 is 2.74 bits per heavy atom. The summed E-state index contributed by atoms with van der Waals surface area (Å²) in [7, 11) is 0. The Labute approximate surface area is 121 Å². The molecule has 1 aromatic carbocycles. The van der Waals surface area contributed by atoms with Gasteiger partial charge in [0.1, 0.15) is 0 Å². The first-order valence-electron chi connectivity index (χ1n) is 6.79. The van der Waals surface area contributed by atoms with Gasteiger partial charge in [0.05, 0.1) is 6.42 Å². The van der Waals surface area contributed by atoms with Gasteiger partial charge < -0.3 is 10.6 Å². The van der Waals surface area contributed by atoms with E-state index in [1.807, 2.05) is 24.3 Å². The zero-order valence-electron chi connectivity index (χ0n) is 11.4. The van der Waals surface area contributed by atoms with Gasteiger partial charge >= 0.3 is 0 Å². The van der Waals surface area contributed by atoms with Gasteiger partial charge in [-0.2, -0.15) is 0 Å². The monoisotopic (exact) mass is 282 g/mol. The number of nitrogens with one attached hydrogen (secondary N) is 2. The van der Waals surface area contributed by atoms with Crippen LogP contribution in [0.1, 0.15) is 30.4 Å². The zero-order valence-corrected chi connectivity index (χ0v) is 12.3. The van der Waals surface area contributed by atoms with Crippen molar-refractivity contribution in [2.24, 2.45) is 0 Å². The van der Waals surface area contributed by atoms with Crippen molar-refractivity contribution in [3.8, 4) is 0 Å². The van der Waals surface area contributed by atoms with E-state index in [9.17, 15) is 4.79 Å². The van der Waals surface area contributed by atoms with E-state index in [1.165, 1.54) is 18.4 Å². The van der Waals surface area contributed by atoms with E-state index in [1.54, 1.807) is 0 Å². The Morgan fingerprint density at radius 2 is 2.11 bits per heavy atom. The number of benzene rings is 1.